The summed E-state index contributed by atoms with van der Waals surface area (Å²) in [7, 11) is 0. The van der Waals surface area contributed by atoms with Gasteiger partial charge >= 0.3 is 0 Å². The summed E-state index contributed by atoms with van der Waals surface area (Å²) < 4.78 is 0. The van der Waals surface area contributed by atoms with E-state index in [1.54, 1.807) is 0 Å². The Kier molecular flexibility index (Phi) is 21.9. The lowest BCUT2D eigenvalue weighted by Crippen LogP contribution is -1.91. The van der Waals surface area contributed by atoms with Crippen LogP contribution in [0.25, 0.3) is 0 Å². The maximum atomic E-state index is 5.39. The third kappa shape index (κ3) is 21.4. The molecular formula is C23H45N. The summed E-state index contributed by atoms with van der Waals surface area (Å²) in [5, 5.41) is 0. The summed E-state index contributed by atoms with van der Waals surface area (Å²) in [4.78, 5) is 0. The van der Waals surface area contributed by atoms with E-state index in [0.717, 1.165) is 0 Å². The molecule has 0 aromatic heterocycles. The number of unbranched alkanes of at least 4 members (excludes halogenated alkanes) is 16. The molecule has 0 heterocycles. The molecule has 2 N–H and O–H groups in total. The number of allylic oxidation sites excluding steroid dienone is 3. The normalized spacial score (nSPS) is 11.9. The Morgan fingerprint density at radius 3 is 1.29 bits per heavy atom. The highest BCUT2D eigenvalue weighted by Crippen LogP contribution is 2.14. The van der Waals surface area contributed by atoms with Crippen LogP contribution in [-0.2, 0) is 0 Å². The quantitative estimate of drug-likeness (QED) is 0.190. The molecule has 0 saturated heterocycles. The Labute approximate surface area is 153 Å². The number of rotatable bonds is 19. The molecule has 24 heavy (non-hydrogen) atoms. The van der Waals surface area contributed by atoms with Gasteiger partial charge in [0.15, 0.2) is 0 Å². The van der Waals surface area contributed by atoms with Crippen molar-refractivity contribution in [1.82, 2.24) is 0 Å². The van der Waals surface area contributed by atoms with E-state index >= 15 is 0 Å². The van der Waals surface area contributed by atoms with Crippen molar-refractivity contribution in [3.8, 4) is 0 Å². The Bertz CT molecular complexity index is 267. The van der Waals surface area contributed by atoms with E-state index in [9.17, 15) is 0 Å². The van der Waals surface area contributed by atoms with Gasteiger partial charge in [-0.2, -0.15) is 0 Å². The zero-order chi connectivity index (χ0) is 17.6. The molecule has 1 heteroatoms. The van der Waals surface area contributed by atoms with Crippen LogP contribution in [0.1, 0.15) is 116 Å². The van der Waals surface area contributed by atoms with Crippen molar-refractivity contribution in [3.05, 3.63) is 24.3 Å². The first-order valence-electron chi connectivity index (χ1n) is 10.9. The molecule has 1 nitrogen and oxygen atoms in total. The van der Waals surface area contributed by atoms with Crippen LogP contribution < -0.4 is 5.73 Å². The molecule has 0 aromatic carbocycles. The van der Waals surface area contributed by atoms with Crippen molar-refractivity contribution in [3.63, 3.8) is 0 Å². The second-order valence-corrected chi connectivity index (χ2v) is 7.18. The molecule has 0 aliphatic rings. The first kappa shape index (κ1) is 23.4. The largest absolute Gasteiger partial charge is 0.327 e. The molecule has 0 atom stereocenters. The van der Waals surface area contributed by atoms with E-state index in [2.05, 4.69) is 19.1 Å². The number of hydrogen-bond donors (Lipinski definition) is 1. The van der Waals surface area contributed by atoms with Gasteiger partial charge in [-0.1, -0.05) is 128 Å². The van der Waals surface area contributed by atoms with Crippen LogP contribution in [0.3, 0.4) is 0 Å². The Balaban J connectivity index is 3.02. The summed E-state index contributed by atoms with van der Waals surface area (Å²) >= 11 is 0. The van der Waals surface area contributed by atoms with Crippen molar-refractivity contribution in [2.24, 2.45) is 5.73 Å². The molecule has 0 fully saturated rings. The van der Waals surface area contributed by atoms with Gasteiger partial charge in [-0.25, -0.2) is 0 Å². The van der Waals surface area contributed by atoms with E-state index in [-0.39, 0.29) is 0 Å². The molecule has 0 spiro atoms. The lowest BCUT2D eigenvalue weighted by atomic mass is 10.0. The summed E-state index contributed by atoms with van der Waals surface area (Å²) in [5.41, 5.74) is 5.39. The topological polar surface area (TPSA) is 26.0 Å². The Hall–Kier alpha value is -0.560. The van der Waals surface area contributed by atoms with E-state index < -0.39 is 0 Å². The molecule has 0 aliphatic heterocycles. The minimum atomic E-state index is 0.642. The fourth-order valence-corrected chi connectivity index (χ4v) is 3.14. The second-order valence-electron chi connectivity index (χ2n) is 7.18. The molecule has 0 radical (unpaired) electrons. The van der Waals surface area contributed by atoms with Crippen LogP contribution in [0.5, 0.6) is 0 Å². The first-order chi connectivity index (χ1) is 11.9. The van der Waals surface area contributed by atoms with E-state index in [1.165, 1.54) is 109 Å². The van der Waals surface area contributed by atoms with E-state index in [1.807, 2.05) is 12.2 Å². The van der Waals surface area contributed by atoms with Gasteiger partial charge in [-0.3, -0.25) is 0 Å². The molecule has 0 bridgehead atoms. The number of nitrogens with two attached hydrogens (primary N) is 1. The van der Waals surface area contributed by atoms with Gasteiger partial charge < -0.3 is 5.73 Å². The third-order valence-corrected chi connectivity index (χ3v) is 4.74. The van der Waals surface area contributed by atoms with Crippen LogP contribution in [0.2, 0.25) is 0 Å². The molecule has 142 valence electrons. The predicted molar refractivity (Wildman–Crippen MR) is 111 cm³/mol. The smallest absolute Gasteiger partial charge is 0.0109 e. The van der Waals surface area contributed by atoms with Gasteiger partial charge in [0.05, 0.1) is 0 Å². The van der Waals surface area contributed by atoms with Crippen LogP contribution >= 0.6 is 0 Å². The molecule has 0 saturated carbocycles. The maximum absolute atomic E-state index is 5.39. The molecule has 0 unspecified atom stereocenters. The highest BCUT2D eigenvalue weighted by atomic mass is 14.5. The van der Waals surface area contributed by atoms with Gasteiger partial charge in [-0.05, 0) is 12.8 Å². The fourth-order valence-electron chi connectivity index (χ4n) is 3.14. The molecule has 0 amide bonds. The standard InChI is InChI=1S/C23H45N/c1-2-3-4-5-6-7-8-9-10-11-12-13-14-15-16-17-18-19-20-21-22-23-24/h19-22H,2-18,23-24H2,1H3/b20-19+,22-21+. The second kappa shape index (κ2) is 22.4. The predicted octanol–water partition coefficient (Wildman–Crippen LogP) is 7.71. The fraction of sp³-hybridized carbons (Fsp3) is 0.826. The molecule has 0 rings (SSSR count). The summed E-state index contributed by atoms with van der Waals surface area (Å²) in [5.74, 6) is 0. The monoisotopic (exact) mass is 335 g/mol. The van der Waals surface area contributed by atoms with Crippen molar-refractivity contribution >= 4 is 0 Å². The first-order valence-corrected chi connectivity index (χ1v) is 10.9. The van der Waals surface area contributed by atoms with E-state index in [0.29, 0.717) is 6.54 Å². The molecule has 0 aliphatic carbocycles. The van der Waals surface area contributed by atoms with Crippen molar-refractivity contribution in [1.29, 1.82) is 0 Å². The van der Waals surface area contributed by atoms with Crippen LogP contribution in [0.4, 0.5) is 0 Å². The lowest BCUT2D eigenvalue weighted by Gasteiger charge is -2.03. The number of hydrogen-bond acceptors (Lipinski definition) is 1. The van der Waals surface area contributed by atoms with Gasteiger partial charge in [0.1, 0.15) is 0 Å². The summed E-state index contributed by atoms with van der Waals surface area (Å²) in [6.45, 7) is 2.94. The summed E-state index contributed by atoms with van der Waals surface area (Å²) in [6.07, 6.45) is 32.7. The maximum Gasteiger partial charge on any atom is 0.0109 e. The van der Waals surface area contributed by atoms with Gasteiger partial charge in [-0.15, -0.1) is 0 Å². The highest BCUT2D eigenvalue weighted by molar-refractivity contribution is 5.02. The SMILES string of the molecule is CCCCCCCCCCCCCCCCCC/C=C/C=C/CN. The minimum absolute atomic E-state index is 0.642. The van der Waals surface area contributed by atoms with E-state index in [4.69, 9.17) is 5.73 Å². The van der Waals surface area contributed by atoms with Crippen LogP contribution in [-0.4, -0.2) is 6.54 Å². The third-order valence-electron chi connectivity index (χ3n) is 4.74. The average molecular weight is 336 g/mol. The van der Waals surface area contributed by atoms with Gasteiger partial charge in [0.25, 0.3) is 0 Å². The lowest BCUT2D eigenvalue weighted by molar-refractivity contribution is 0.530. The van der Waals surface area contributed by atoms with Crippen molar-refractivity contribution in [2.75, 3.05) is 6.54 Å². The van der Waals surface area contributed by atoms with Gasteiger partial charge in [0.2, 0.25) is 0 Å². The van der Waals surface area contributed by atoms with Gasteiger partial charge in [0, 0.05) is 6.54 Å². The van der Waals surface area contributed by atoms with Crippen molar-refractivity contribution < 1.29 is 0 Å². The van der Waals surface area contributed by atoms with Crippen LogP contribution in [0.15, 0.2) is 24.3 Å². The summed E-state index contributed by atoms with van der Waals surface area (Å²) in [6, 6.07) is 0. The average Bonchev–Trinajstić information content (AvgIpc) is 2.60. The zero-order valence-electron chi connectivity index (χ0n) is 16.6. The Morgan fingerprint density at radius 1 is 0.500 bits per heavy atom. The van der Waals surface area contributed by atoms with Crippen molar-refractivity contribution in [2.45, 2.75) is 116 Å². The van der Waals surface area contributed by atoms with Crippen LogP contribution in [0, 0.1) is 0 Å². The highest BCUT2D eigenvalue weighted by Gasteiger charge is 1.94. The molecule has 0 aromatic rings. The Morgan fingerprint density at radius 2 is 0.875 bits per heavy atom. The zero-order valence-corrected chi connectivity index (χ0v) is 16.6. The molecular weight excluding hydrogens is 290 g/mol. The minimum Gasteiger partial charge on any atom is -0.327 e.